The molecule has 1 aliphatic carbocycles. The fourth-order valence-electron chi connectivity index (χ4n) is 5.72. The zero-order chi connectivity index (χ0) is 25.8. The first-order chi connectivity index (χ1) is 18.0. The number of rotatable bonds is 8. The second kappa shape index (κ2) is 11.7. The van der Waals surface area contributed by atoms with Crippen molar-refractivity contribution in [3.8, 4) is 5.75 Å². The Balaban J connectivity index is 1.41. The maximum atomic E-state index is 13.8. The number of methoxy groups -OCH3 is 1. The van der Waals surface area contributed by atoms with Crippen LogP contribution in [0.2, 0.25) is 0 Å². The normalized spacial score (nSPS) is 22.2. The minimum absolute atomic E-state index is 0.100. The maximum absolute atomic E-state index is 13.8. The van der Waals surface area contributed by atoms with Gasteiger partial charge in [0, 0.05) is 51.2 Å². The molecule has 3 fully saturated rings. The summed E-state index contributed by atoms with van der Waals surface area (Å²) in [6.07, 6.45) is 3.53. The Hall–Kier alpha value is -2.90. The van der Waals surface area contributed by atoms with Crippen LogP contribution in [0.3, 0.4) is 0 Å². The van der Waals surface area contributed by atoms with Crippen LogP contribution in [0, 0.1) is 12.8 Å². The summed E-state index contributed by atoms with van der Waals surface area (Å²) in [5.41, 5.74) is 3.70. The lowest BCUT2D eigenvalue weighted by Gasteiger charge is -2.30. The summed E-state index contributed by atoms with van der Waals surface area (Å²) < 4.78 is 5.48. The number of nitrogens with zero attached hydrogens (tertiary/aromatic N) is 3. The highest BCUT2D eigenvalue weighted by Crippen LogP contribution is 2.36. The molecule has 0 radical (unpaired) electrons. The maximum Gasteiger partial charge on any atom is 0.245 e. The van der Waals surface area contributed by atoms with E-state index in [2.05, 4.69) is 53.5 Å². The van der Waals surface area contributed by atoms with Gasteiger partial charge in [-0.25, -0.2) is 0 Å². The van der Waals surface area contributed by atoms with Crippen molar-refractivity contribution >= 4 is 11.8 Å². The Bertz CT molecular complexity index is 1090. The van der Waals surface area contributed by atoms with Gasteiger partial charge in [0.05, 0.1) is 7.11 Å². The van der Waals surface area contributed by atoms with Gasteiger partial charge in [0.2, 0.25) is 11.8 Å². The Morgan fingerprint density at radius 3 is 2.65 bits per heavy atom. The number of ether oxygens (including phenoxy) is 1. The van der Waals surface area contributed by atoms with E-state index < -0.39 is 0 Å². The van der Waals surface area contributed by atoms with Crippen molar-refractivity contribution in [2.45, 2.75) is 57.8 Å². The van der Waals surface area contributed by atoms with Gasteiger partial charge in [0.1, 0.15) is 11.8 Å². The van der Waals surface area contributed by atoms with Gasteiger partial charge in [-0.1, -0.05) is 36.4 Å². The van der Waals surface area contributed by atoms with Crippen LogP contribution in [0.4, 0.5) is 0 Å². The number of hydrogen-bond acceptors (Lipinski definition) is 5. The summed E-state index contributed by atoms with van der Waals surface area (Å²) in [4.78, 5) is 33.6. The first-order valence-corrected chi connectivity index (χ1v) is 13.7. The third-order valence-corrected chi connectivity index (χ3v) is 8.10. The van der Waals surface area contributed by atoms with Crippen LogP contribution in [-0.2, 0) is 22.7 Å². The van der Waals surface area contributed by atoms with Crippen LogP contribution < -0.4 is 10.1 Å². The van der Waals surface area contributed by atoms with E-state index >= 15 is 0 Å². The number of likely N-dealkylation sites (tertiary alicyclic amines) is 1. The summed E-state index contributed by atoms with van der Waals surface area (Å²) >= 11 is 0. The molecule has 2 aromatic carbocycles. The van der Waals surface area contributed by atoms with Gasteiger partial charge in [-0.15, -0.1) is 0 Å². The summed E-state index contributed by atoms with van der Waals surface area (Å²) in [6.45, 7) is 7.48. The highest BCUT2D eigenvalue weighted by Gasteiger charge is 2.46. The Kier molecular flexibility index (Phi) is 8.11. The average molecular weight is 505 g/mol. The molecule has 2 atom stereocenters. The van der Waals surface area contributed by atoms with Gasteiger partial charge < -0.3 is 19.9 Å². The minimum atomic E-state index is -0.374. The molecule has 0 spiro atoms. The van der Waals surface area contributed by atoms with Gasteiger partial charge in [0.15, 0.2) is 0 Å². The topological polar surface area (TPSA) is 65.1 Å². The Morgan fingerprint density at radius 2 is 1.86 bits per heavy atom. The van der Waals surface area contributed by atoms with E-state index in [1.54, 1.807) is 7.11 Å². The lowest BCUT2D eigenvalue weighted by Crippen LogP contribution is -2.49. The third kappa shape index (κ3) is 6.16. The molecule has 5 rings (SSSR count). The molecular weight excluding hydrogens is 464 g/mol. The van der Waals surface area contributed by atoms with Crippen molar-refractivity contribution < 1.29 is 14.3 Å². The Morgan fingerprint density at radius 1 is 1.03 bits per heavy atom. The van der Waals surface area contributed by atoms with E-state index in [9.17, 15) is 9.59 Å². The van der Waals surface area contributed by atoms with Gasteiger partial charge in [-0.2, -0.15) is 0 Å². The van der Waals surface area contributed by atoms with Crippen molar-refractivity contribution in [2.75, 3.05) is 39.8 Å². The molecule has 2 amide bonds. The van der Waals surface area contributed by atoms with Crippen LogP contribution in [-0.4, -0.2) is 78.4 Å². The molecule has 1 saturated carbocycles. The SMILES string of the molecule is COc1cccc(CN(Cc2ccccc2C)C2CC(C(=O)N3CCCNCC3)N(C(=O)C3CC3)C2)c1. The molecule has 2 saturated heterocycles. The lowest BCUT2D eigenvalue weighted by molar-refractivity contribution is -0.144. The number of aryl methyl sites for hydroxylation is 1. The quantitative estimate of drug-likeness (QED) is 0.598. The first kappa shape index (κ1) is 25.7. The number of nitrogens with one attached hydrogen (secondary N) is 1. The summed E-state index contributed by atoms with van der Waals surface area (Å²) in [5.74, 6) is 1.24. The van der Waals surface area contributed by atoms with Gasteiger partial charge >= 0.3 is 0 Å². The Labute approximate surface area is 220 Å². The predicted molar refractivity (Wildman–Crippen MR) is 144 cm³/mol. The summed E-state index contributed by atoms with van der Waals surface area (Å²) in [5, 5.41) is 3.39. The van der Waals surface area contributed by atoms with Gasteiger partial charge in [-0.05, 0) is 68.0 Å². The molecule has 2 unspecified atom stereocenters. The molecule has 1 N–H and O–H groups in total. The molecule has 7 nitrogen and oxygen atoms in total. The number of benzene rings is 2. The van der Waals surface area contributed by atoms with Gasteiger partial charge in [0.25, 0.3) is 0 Å². The standard InChI is InChI=1S/C30H40N4O3/c1-22-7-3-4-9-25(22)20-33(19-23-8-5-10-27(17-23)37-2)26-18-28(34(21-26)29(35)24-11-12-24)30(36)32-15-6-13-31-14-16-32/h3-5,7-10,17,24,26,28,31H,6,11-16,18-21H2,1-2H3. The van der Waals surface area contributed by atoms with E-state index in [1.165, 1.54) is 16.7 Å². The van der Waals surface area contributed by atoms with Crippen LogP contribution in [0.15, 0.2) is 48.5 Å². The van der Waals surface area contributed by atoms with E-state index in [4.69, 9.17) is 4.74 Å². The second-order valence-corrected chi connectivity index (χ2v) is 10.8. The number of carbonyl (C=O) groups excluding carboxylic acids is 2. The molecule has 2 heterocycles. The molecule has 0 bridgehead atoms. The van der Waals surface area contributed by atoms with Crippen molar-refractivity contribution in [3.63, 3.8) is 0 Å². The van der Waals surface area contributed by atoms with Crippen LogP contribution in [0.5, 0.6) is 5.75 Å². The number of carbonyl (C=O) groups is 2. The molecular formula is C30H40N4O3. The average Bonchev–Trinajstić information content (AvgIpc) is 3.72. The molecule has 2 aliphatic heterocycles. The second-order valence-electron chi connectivity index (χ2n) is 10.8. The predicted octanol–water partition coefficient (Wildman–Crippen LogP) is 3.21. The molecule has 198 valence electrons. The van der Waals surface area contributed by atoms with Crippen LogP contribution in [0.1, 0.15) is 42.4 Å². The highest BCUT2D eigenvalue weighted by molar-refractivity contribution is 5.90. The summed E-state index contributed by atoms with van der Waals surface area (Å²) in [6, 6.07) is 16.4. The van der Waals surface area contributed by atoms with Crippen molar-refractivity contribution in [2.24, 2.45) is 5.92 Å². The molecule has 37 heavy (non-hydrogen) atoms. The first-order valence-electron chi connectivity index (χ1n) is 13.7. The molecule has 7 heteroatoms. The minimum Gasteiger partial charge on any atom is -0.497 e. The van der Waals surface area contributed by atoms with Crippen molar-refractivity contribution in [1.29, 1.82) is 0 Å². The largest absolute Gasteiger partial charge is 0.497 e. The van der Waals surface area contributed by atoms with Crippen LogP contribution >= 0.6 is 0 Å². The molecule has 0 aromatic heterocycles. The lowest BCUT2D eigenvalue weighted by atomic mass is 10.0. The zero-order valence-electron chi connectivity index (χ0n) is 22.2. The van der Waals surface area contributed by atoms with E-state index in [0.717, 1.165) is 57.7 Å². The fourth-order valence-corrected chi connectivity index (χ4v) is 5.72. The fraction of sp³-hybridized carbons (Fsp3) is 0.533. The van der Waals surface area contributed by atoms with E-state index in [-0.39, 0.29) is 29.8 Å². The monoisotopic (exact) mass is 504 g/mol. The van der Waals surface area contributed by atoms with Gasteiger partial charge in [-0.3, -0.25) is 14.5 Å². The molecule has 3 aliphatic rings. The zero-order valence-corrected chi connectivity index (χ0v) is 22.2. The van der Waals surface area contributed by atoms with E-state index in [1.807, 2.05) is 21.9 Å². The highest BCUT2D eigenvalue weighted by atomic mass is 16.5. The third-order valence-electron chi connectivity index (χ3n) is 8.10. The van der Waals surface area contributed by atoms with Crippen molar-refractivity contribution in [1.82, 2.24) is 20.0 Å². The number of amides is 2. The number of hydrogen-bond donors (Lipinski definition) is 1. The van der Waals surface area contributed by atoms with E-state index in [0.29, 0.717) is 19.5 Å². The van der Waals surface area contributed by atoms with Crippen LogP contribution in [0.25, 0.3) is 0 Å². The molecule has 2 aromatic rings. The smallest absolute Gasteiger partial charge is 0.245 e. The van der Waals surface area contributed by atoms with Crippen molar-refractivity contribution in [3.05, 3.63) is 65.2 Å². The summed E-state index contributed by atoms with van der Waals surface area (Å²) in [7, 11) is 1.69.